The Labute approximate surface area is 143 Å². The van der Waals surface area contributed by atoms with Crippen LogP contribution in [0.2, 0.25) is 0 Å². The fraction of sp³-hybridized carbons (Fsp3) is 0.167. The van der Waals surface area contributed by atoms with Gasteiger partial charge in [0.15, 0.2) is 7.14 Å². The molecule has 2 unspecified atom stereocenters. The lowest BCUT2D eigenvalue weighted by Crippen LogP contribution is -2.29. The number of carboxylic acids is 2. The molecule has 0 saturated heterocycles. The van der Waals surface area contributed by atoms with Gasteiger partial charge in [0, 0.05) is 17.0 Å². The zero-order chi connectivity index (χ0) is 18.2. The summed E-state index contributed by atoms with van der Waals surface area (Å²) in [6, 6.07) is 13.4. The highest BCUT2D eigenvalue weighted by Crippen LogP contribution is 2.55. The van der Waals surface area contributed by atoms with Gasteiger partial charge in [-0.05, 0) is 11.1 Å². The van der Waals surface area contributed by atoms with E-state index in [1.807, 2.05) is 0 Å². The number of aliphatic carboxylic acids is 2. The Morgan fingerprint density at radius 3 is 2.08 bits per heavy atom. The van der Waals surface area contributed by atoms with E-state index in [4.69, 9.17) is 5.11 Å². The van der Waals surface area contributed by atoms with Gasteiger partial charge in [-0.3, -0.25) is 14.4 Å². The molecule has 0 amide bonds. The van der Waals surface area contributed by atoms with Crippen molar-refractivity contribution in [3.8, 4) is 11.1 Å². The largest absolute Gasteiger partial charge is 0.481 e. The molecule has 0 spiro atoms. The minimum atomic E-state index is -3.78. The van der Waals surface area contributed by atoms with Crippen LogP contribution in [-0.4, -0.2) is 33.8 Å². The number of carbonyl (C=O) groups is 3. The molecule has 1 aliphatic heterocycles. The van der Waals surface area contributed by atoms with Crippen molar-refractivity contribution in [3.63, 3.8) is 0 Å². The summed E-state index contributed by atoms with van der Waals surface area (Å²) >= 11 is 0. The SMILES string of the molecule is O=C(O)CC(CP1(=O)C(=O)c2ccccc2-c2ccccc21)C(=O)O. The summed E-state index contributed by atoms with van der Waals surface area (Å²) < 4.78 is 13.6. The molecule has 3 rings (SSSR count). The van der Waals surface area contributed by atoms with E-state index in [0.717, 1.165) is 0 Å². The van der Waals surface area contributed by atoms with E-state index in [1.165, 1.54) is 0 Å². The highest BCUT2D eigenvalue weighted by molar-refractivity contribution is 7.88. The maximum atomic E-state index is 13.6. The first-order valence-corrected chi connectivity index (χ1v) is 9.51. The van der Waals surface area contributed by atoms with Crippen molar-refractivity contribution in [2.45, 2.75) is 6.42 Å². The van der Waals surface area contributed by atoms with E-state index >= 15 is 0 Å². The molecule has 0 aromatic heterocycles. The summed E-state index contributed by atoms with van der Waals surface area (Å²) in [7, 11) is -3.78. The lowest BCUT2D eigenvalue weighted by molar-refractivity contribution is -0.147. The van der Waals surface area contributed by atoms with Crippen LogP contribution in [0.25, 0.3) is 11.1 Å². The van der Waals surface area contributed by atoms with E-state index in [9.17, 15) is 24.1 Å². The normalized spacial score (nSPS) is 19.6. The number of carboxylic acid groups (broad SMARTS) is 2. The van der Waals surface area contributed by atoms with Crippen molar-refractivity contribution in [3.05, 3.63) is 54.1 Å². The van der Waals surface area contributed by atoms with Crippen LogP contribution in [0, 0.1) is 5.92 Å². The molecule has 0 aliphatic carbocycles. The van der Waals surface area contributed by atoms with Crippen molar-refractivity contribution in [1.82, 2.24) is 0 Å². The van der Waals surface area contributed by atoms with Gasteiger partial charge in [-0.15, -0.1) is 0 Å². The van der Waals surface area contributed by atoms with Crippen LogP contribution in [0.15, 0.2) is 48.5 Å². The summed E-state index contributed by atoms with van der Waals surface area (Å²) in [6.07, 6.45) is -1.19. The molecule has 2 aromatic carbocycles. The number of hydrogen-bond acceptors (Lipinski definition) is 4. The second-order valence-corrected chi connectivity index (χ2v) is 8.66. The van der Waals surface area contributed by atoms with Crippen LogP contribution in [0.1, 0.15) is 16.8 Å². The van der Waals surface area contributed by atoms with E-state index in [2.05, 4.69) is 0 Å². The number of hydrogen-bond donors (Lipinski definition) is 2. The molecule has 1 aliphatic rings. The van der Waals surface area contributed by atoms with Gasteiger partial charge < -0.3 is 14.8 Å². The molecule has 0 radical (unpaired) electrons. The van der Waals surface area contributed by atoms with Crippen molar-refractivity contribution >= 4 is 29.9 Å². The molecule has 2 aromatic rings. The third-order valence-electron chi connectivity index (χ3n) is 4.32. The molecule has 2 atom stereocenters. The monoisotopic (exact) mass is 358 g/mol. The third kappa shape index (κ3) is 2.89. The van der Waals surface area contributed by atoms with Crippen molar-refractivity contribution < 1.29 is 29.2 Å². The molecule has 0 fully saturated rings. The maximum Gasteiger partial charge on any atom is 0.307 e. The summed E-state index contributed by atoms with van der Waals surface area (Å²) in [5, 5.41) is 18.5. The Morgan fingerprint density at radius 2 is 1.48 bits per heavy atom. The average Bonchev–Trinajstić information content (AvgIpc) is 2.59. The van der Waals surface area contributed by atoms with E-state index in [-0.39, 0.29) is 5.56 Å². The Hall–Kier alpha value is -2.72. The highest BCUT2D eigenvalue weighted by Gasteiger charge is 2.44. The topological polar surface area (TPSA) is 109 Å². The highest BCUT2D eigenvalue weighted by atomic mass is 31.2. The Morgan fingerprint density at radius 1 is 0.920 bits per heavy atom. The first-order valence-electron chi connectivity index (χ1n) is 7.62. The molecule has 2 N–H and O–H groups in total. The van der Waals surface area contributed by atoms with Gasteiger partial charge in [0.05, 0.1) is 12.3 Å². The van der Waals surface area contributed by atoms with Gasteiger partial charge in [-0.1, -0.05) is 48.5 Å². The third-order valence-corrected chi connectivity index (χ3v) is 7.34. The second kappa shape index (κ2) is 6.30. The molecule has 6 nitrogen and oxygen atoms in total. The molecule has 0 bridgehead atoms. The Balaban J connectivity index is 2.16. The zero-order valence-electron chi connectivity index (χ0n) is 13.1. The molecular weight excluding hydrogens is 343 g/mol. The Kier molecular flexibility index (Phi) is 4.31. The van der Waals surface area contributed by atoms with Gasteiger partial charge in [-0.25, -0.2) is 0 Å². The summed E-state index contributed by atoms with van der Waals surface area (Å²) in [4.78, 5) is 35.3. The minimum Gasteiger partial charge on any atom is -0.481 e. The molecule has 25 heavy (non-hydrogen) atoms. The van der Waals surface area contributed by atoms with Crippen molar-refractivity contribution in [2.75, 3.05) is 6.16 Å². The summed E-state index contributed by atoms with van der Waals surface area (Å²) in [5.41, 5.74) is 0.947. The average molecular weight is 358 g/mol. The lowest BCUT2D eigenvalue weighted by Gasteiger charge is -2.28. The fourth-order valence-electron chi connectivity index (χ4n) is 3.16. The predicted octanol–water partition coefficient (Wildman–Crippen LogP) is 2.67. The summed E-state index contributed by atoms with van der Waals surface area (Å²) in [5.74, 6) is -4.08. The van der Waals surface area contributed by atoms with E-state index in [0.29, 0.717) is 16.4 Å². The van der Waals surface area contributed by atoms with Crippen molar-refractivity contribution in [1.29, 1.82) is 0 Å². The van der Waals surface area contributed by atoms with Gasteiger partial charge in [-0.2, -0.15) is 0 Å². The number of rotatable bonds is 5. The lowest BCUT2D eigenvalue weighted by atomic mass is 10.00. The Bertz CT molecular complexity index is 933. The predicted molar refractivity (Wildman–Crippen MR) is 91.7 cm³/mol. The number of carbonyl (C=O) groups excluding carboxylic acids is 1. The van der Waals surface area contributed by atoms with Crippen LogP contribution in [0.5, 0.6) is 0 Å². The molecule has 128 valence electrons. The van der Waals surface area contributed by atoms with Gasteiger partial charge >= 0.3 is 11.9 Å². The van der Waals surface area contributed by atoms with Crippen LogP contribution in [-0.2, 0) is 14.2 Å². The van der Waals surface area contributed by atoms with Crippen LogP contribution >= 0.6 is 7.14 Å². The minimum absolute atomic E-state index is 0.281. The molecule has 1 heterocycles. The number of benzene rings is 2. The first-order chi connectivity index (χ1) is 11.8. The zero-order valence-corrected chi connectivity index (χ0v) is 14.0. The van der Waals surface area contributed by atoms with E-state index < -0.39 is 43.1 Å². The maximum absolute atomic E-state index is 13.6. The molecule has 0 saturated carbocycles. The van der Waals surface area contributed by atoms with E-state index in [1.54, 1.807) is 48.5 Å². The van der Waals surface area contributed by atoms with Crippen LogP contribution < -0.4 is 5.30 Å². The van der Waals surface area contributed by atoms with Crippen molar-refractivity contribution in [2.24, 2.45) is 5.92 Å². The molecular formula is C18H15O6P. The quantitative estimate of drug-likeness (QED) is 0.796. The molecule has 7 heteroatoms. The van der Waals surface area contributed by atoms with Crippen LogP contribution in [0.3, 0.4) is 0 Å². The standard InChI is InChI=1S/C18H15O6P/c19-16(20)9-11(17(21)22)10-25(24)15-8-4-3-6-13(15)12-5-1-2-7-14(12)18(25)23/h1-8,11H,9-10H2,(H,19,20)(H,21,22). The number of fused-ring (bicyclic) bond motifs is 3. The fourth-order valence-corrected chi connectivity index (χ4v) is 6.14. The van der Waals surface area contributed by atoms with Gasteiger partial charge in [0.1, 0.15) is 0 Å². The smallest absolute Gasteiger partial charge is 0.307 e. The van der Waals surface area contributed by atoms with Gasteiger partial charge in [0.25, 0.3) is 0 Å². The van der Waals surface area contributed by atoms with Gasteiger partial charge in [0.2, 0.25) is 5.52 Å². The first kappa shape index (κ1) is 17.1. The second-order valence-electron chi connectivity index (χ2n) is 5.92. The summed E-state index contributed by atoms with van der Waals surface area (Å²) in [6.45, 7) is 0. The van der Waals surface area contributed by atoms with Crippen LogP contribution in [0.4, 0.5) is 0 Å².